The molecule has 1 aromatic heterocycles. The zero-order valence-corrected chi connectivity index (χ0v) is 12.5. The van der Waals surface area contributed by atoms with Gasteiger partial charge in [-0.1, -0.05) is 30.3 Å². The minimum Gasteiger partial charge on any atom is -0.389 e. The van der Waals surface area contributed by atoms with E-state index in [1.165, 1.54) is 5.56 Å². The Kier molecular flexibility index (Phi) is 4.57. The first-order valence-corrected chi connectivity index (χ1v) is 6.88. The summed E-state index contributed by atoms with van der Waals surface area (Å²) in [5.41, 5.74) is 1.73. The lowest BCUT2D eigenvalue weighted by Gasteiger charge is -2.24. The third-order valence-electron chi connectivity index (χ3n) is 2.98. The molecule has 0 spiro atoms. The van der Waals surface area contributed by atoms with Crippen LogP contribution in [0.3, 0.4) is 0 Å². The number of hydrogen-bond donors (Lipinski definition) is 1. The second-order valence-electron chi connectivity index (χ2n) is 6.02. The molecule has 0 radical (unpaired) electrons. The second kappa shape index (κ2) is 6.20. The summed E-state index contributed by atoms with van der Waals surface area (Å²) in [5, 5.41) is 14.2. The first-order chi connectivity index (χ1) is 9.42. The van der Waals surface area contributed by atoms with E-state index in [9.17, 15) is 5.11 Å². The van der Waals surface area contributed by atoms with E-state index in [2.05, 4.69) is 28.3 Å². The van der Waals surface area contributed by atoms with Crippen molar-refractivity contribution in [2.24, 2.45) is 0 Å². The van der Waals surface area contributed by atoms with E-state index in [0.717, 1.165) is 18.7 Å². The van der Waals surface area contributed by atoms with Gasteiger partial charge < -0.3 is 5.11 Å². The molecule has 0 atom stereocenters. The van der Waals surface area contributed by atoms with E-state index in [1.54, 1.807) is 0 Å². The SMILES string of the molecule is CN(Cc1cnn(Cc2ccccc2)c1)CC(C)(C)O. The van der Waals surface area contributed by atoms with Gasteiger partial charge in [-0.15, -0.1) is 0 Å². The molecule has 0 unspecified atom stereocenters. The highest BCUT2D eigenvalue weighted by atomic mass is 16.3. The summed E-state index contributed by atoms with van der Waals surface area (Å²) in [4.78, 5) is 2.10. The predicted molar refractivity (Wildman–Crippen MR) is 80.4 cm³/mol. The van der Waals surface area contributed by atoms with Crippen molar-refractivity contribution < 1.29 is 5.11 Å². The van der Waals surface area contributed by atoms with Crippen LogP contribution in [-0.4, -0.2) is 39.0 Å². The molecule has 0 saturated heterocycles. The lowest BCUT2D eigenvalue weighted by atomic mass is 10.1. The van der Waals surface area contributed by atoms with Crippen molar-refractivity contribution in [2.75, 3.05) is 13.6 Å². The lowest BCUT2D eigenvalue weighted by Crippen LogP contribution is -2.35. The van der Waals surface area contributed by atoms with Crippen molar-refractivity contribution in [3.05, 3.63) is 53.9 Å². The van der Waals surface area contributed by atoms with Gasteiger partial charge >= 0.3 is 0 Å². The summed E-state index contributed by atoms with van der Waals surface area (Å²) in [6.45, 7) is 5.86. The van der Waals surface area contributed by atoms with Crippen molar-refractivity contribution >= 4 is 0 Å². The molecule has 108 valence electrons. The van der Waals surface area contributed by atoms with Crippen LogP contribution in [0.1, 0.15) is 25.0 Å². The number of hydrogen-bond acceptors (Lipinski definition) is 3. The van der Waals surface area contributed by atoms with Gasteiger partial charge in [0.1, 0.15) is 0 Å². The Bertz CT molecular complexity index is 528. The van der Waals surface area contributed by atoms with Gasteiger partial charge in [0.25, 0.3) is 0 Å². The highest BCUT2D eigenvalue weighted by Crippen LogP contribution is 2.09. The van der Waals surface area contributed by atoms with Gasteiger partial charge in [-0.3, -0.25) is 9.58 Å². The Hall–Kier alpha value is -1.65. The topological polar surface area (TPSA) is 41.3 Å². The molecule has 1 aromatic carbocycles. The van der Waals surface area contributed by atoms with Gasteiger partial charge in [0.05, 0.1) is 18.3 Å². The third-order valence-corrected chi connectivity index (χ3v) is 2.98. The lowest BCUT2D eigenvalue weighted by molar-refractivity contribution is 0.0425. The molecule has 0 amide bonds. The van der Waals surface area contributed by atoms with Gasteiger partial charge in [-0.05, 0) is 26.5 Å². The zero-order chi connectivity index (χ0) is 14.6. The van der Waals surface area contributed by atoms with E-state index in [0.29, 0.717) is 6.54 Å². The smallest absolute Gasteiger partial charge is 0.0718 e. The van der Waals surface area contributed by atoms with Gasteiger partial charge in [-0.2, -0.15) is 5.10 Å². The molecule has 0 aliphatic carbocycles. The van der Waals surface area contributed by atoms with Crippen LogP contribution in [0.2, 0.25) is 0 Å². The molecule has 0 fully saturated rings. The number of likely N-dealkylation sites (N-methyl/N-ethyl adjacent to an activating group) is 1. The monoisotopic (exact) mass is 273 g/mol. The van der Waals surface area contributed by atoms with Crippen molar-refractivity contribution in [1.29, 1.82) is 0 Å². The number of aromatic nitrogens is 2. The maximum Gasteiger partial charge on any atom is 0.0718 e. The average molecular weight is 273 g/mol. The molecule has 4 nitrogen and oxygen atoms in total. The molecule has 0 bridgehead atoms. The van der Waals surface area contributed by atoms with Gasteiger partial charge in [0, 0.05) is 24.8 Å². The van der Waals surface area contributed by atoms with E-state index in [4.69, 9.17) is 0 Å². The van der Waals surface area contributed by atoms with Crippen LogP contribution in [0.4, 0.5) is 0 Å². The summed E-state index contributed by atoms with van der Waals surface area (Å²) in [6, 6.07) is 10.3. The van der Waals surface area contributed by atoms with E-state index in [-0.39, 0.29) is 0 Å². The highest BCUT2D eigenvalue weighted by Gasteiger charge is 2.15. The molecule has 0 saturated carbocycles. The summed E-state index contributed by atoms with van der Waals surface area (Å²) in [5.74, 6) is 0. The normalized spacial score (nSPS) is 12.1. The van der Waals surface area contributed by atoms with Crippen molar-refractivity contribution in [2.45, 2.75) is 32.5 Å². The quantitative estimate of drug-likeness (QED) is 0.876. The van der Waals surface area contributed by atoms with Crippen LogP contribution < -0.4 is 0 Å². The number of rotatable bonds is 6. The first kappa shape index (κ1) is 14.8. The van der Waals surface area contributed by atoms with Crippen molar-refractivity contribution in [3.63, 3.8) is 0 Å². The Balaban J connectivity index is 1.92. The molecule has 4 heteroatoms. The molecule has 0 aliphatic rings. The minimum atomic E-state index is -0.672. The molecule has 1 N–H and O–H groups in total. The largest absolute Gasteiger partial charge is 0.389 e. The fourth-order valence-corrected chi connectivity index (χ4v) is 2.37. The minimum absolute atomic E-state index is 0.636. The summed E-state index contributed by atoms with van der Waals surface area (Å²) < 4.78 is 1.95. The molecular formula is C16H23N3O. The van der Waals surface area contributed by atoms with Gasteiger partial charge in [0.15, 0.2) is 0 Å². The second-order valence-corrected chi connectivity index (χ2v) is 6.02. The molecule has 20 heavy (non-hydrogen) atoms. The van der Waals surface area contributed by atoms with Crippen LogP contribution in [0.25, 0.3) is 0 Å². The standard InChI is InChI=1S/C16H23N3O/c1-16(2,20)13-18(3)10-15-9-17-19(12-15)11-14-7-5-4-6-8-14/h4-9,12,20H,10-11,13H2,1-3H3. The van der Waals surface area contributed by atoms with Crippen LogP contribution in [-0.2, 0) is 13.1 Å². The van der Waals surface area contributed by atoms with Crippen LogP contribution in [0, 0.1) is 0 Å². The predicted octanol–water partition coefficient (Wildman–Crippen LogP) is 2.13. The molecule has 2 rings (SSSR count). The first-order valence-electron chi connectivity index (χ1n) is 6.88. The summed E-state index contributed by atoms with van der Waals surface area (Å²) in [6.07, 6.45) is 3.96. The van der Waals surface area contributed by atoms with Crippen LogP contribution in [0.15, 0.2) is 42.7 Å². The van der Waals surface area contributed by atoms with Gasteiger partial charge in [-0.25, -0.2) is 0 Å². The summed E-state index contributed by atoms with van der Waals surface area (Å²) in [7, 11) is 2.01. The fourth-order valence-electron chi connectivity index (χ4n) is 2.37. The maximum absolute atomic E-state index is 9.80. The third kappa shape index (κ3) is 4.79. The highest BCUT2D eigenvalue weighted by molar-refractivity contribution is 5.15. The van der Waals surface area contributed by atoms with Crippen LogP contribution in [0.5, 0.6) is 0 Å². The molecular weight excluding hydrogens is 250 g/mol. The van der Waals surface area contributed by atoms with Crippen LogP contribution >= 0.6 is 0 Å². The van der Waals surface area contributed by atoms with Crippen molar-refractivity contribution in [3.8, 4) is 0 Å². The Morgan fingerprint density at radius 3 is 2.55 bits per heavy atom. The number of benzene rings is 1. The van der Waals surface area contributed by atoms with Crippen molar-refractivity contribution in [1.82, 2.24) is 14.7 Å². The van der Waals surface area contributed by atoms with Gasteiger partial charge in [0.2, 0.25) is 0 Å². The van der Waals surface area contributed by atoms with E-state index < -0.39 is 5.60 Å². The fraction of sp³-hybridized carbons (Fsp3) is 0.438. The molecule has 2 aromatic rings. The van der Waals surface area contributed by atoms with E-state index >= 15 is 0 Å². The average Bonchev–Trinajstić information content (AvgIpc) is 2.75. The maximum atomic E-state index is 9.80. The zero-order valence-electron chi connectivity index (χ0n) is 12.5. The Morgan fingerprint density at radius 1 is 1.20 bits per heavy atom. The summed E-state index contributed by atoms with van der Waals surface area (Å²) >= 11 is 0. The molecule has 1 heterocycles. The molecule has 0 aliphatic heterocycles. The number of aliphatic hydroxyl groups is 1. The Labute approximate surface area is 120 Å². The van der Waals surface area contributed by atoms with E-state index in [1.807, 2.05) is 50.0 Å². The number of nitrogens with zero attached hydrogens (tertiary/aromatic N) is 3. The Morgan fingerprint density at radius 2 is 1.90 bits per heavy atom.